The minimum Gasteiger partial charge on any atom is -0.491 e. The van der Waals surface area contributed by atoms with Gasteiger partial charge in [0.2, 0.25) is 0 Å². The summed E-state index contributed by atoms with van der Waals surface area (Å²) in [6.45, 7) is 2.82. The maximum Gasteiger partial charge on any atom is 0.145 e. The van der Waals surface area contributed by atoms with E-state index in [4.69, 9.17) is 4.74 Å². The fourth-order valence-electron chi connectivity index (χ4n) is 1.42. The van der Waals surface area contributed by atoms with E-state index >= 15 is 0 Å². The highest BCUT2D eigenvalue weighted by Gasteiger charge is 2.03. The maximum absolute atomic E-state index is 5.64. The van der Waals surface area contributed by atoms with Crippen LogP contribution in [-0.4, -0.2) is 11.6 Å². The summed E-state index contributed by atoms with van der Waals surface area (Å²) in [5.41, 5.74) is 0.917. The molecule has 1 heterocycles. The lowest BCUT2D eigenvalue weighted by molar-refractivity contribution is 0.320. The monoisotopic (exact) mass is 265 g/mol. The third kappa shape index (κ3) is 2.29. The van der Waals surface area contributed by atoms with E-state index in [0.29, 0.717) is 0 Å². The third-order valence-corrected chi connectivity index (χ3v) is 2.55. The standard InChI is InChI=1S/C12H12BrNO/c1-2-8-15-10-5-3-4-9-6-7-11(13)14-12(9)10/h3-7H,2,8H2,1H3. The van der Waals surface area contributed by atoms with Crippen molar-refractivity contribution in [2.45, 2.75) is 13.3 Å². The topological polar surface area (TPSA) is 22.1 Å². The summed E-state index contributed by atoms with van der Waals surface area (Å²) < 4.78 is 6.48. The van der Waals surface area contributed by atoms with Crippen molar-refractivity contribution in [1.82, 2.24) is 4.98 Å². The quantitative estimate of drug-likeness (QED) is 0.788. The fourth-order valence-corrected chi connectivity index (χ4v) is 1.73. The van der Waals surface area contributed by atoms with Crippen molar-refractivity contribution in [1.29, 1.82) is 0 Å². The van der Waals surface area contributed by atoms with Gasteiger partial charge in [0.05, 0.1) is 6.61 Å². The number of nitrogens with zero attached hydrogens (tertiary/aromatic N) is 1. The highest BCUT2D eigenvalue weighted by atomic mass is 79.9. The predicted octanol–water partition coefficient (Wildman–Crippen LogP) is 3.79. The summed E-state index contributed by atoms with van der Waals surface area (Å²) in [5.74, 6) is 0.857. The van der Waals surface area contributed by atoms with Crippen molar-refractivity contribution >= 4 is 26.8 Å². The molecule has 2 nitrogen and oxygen atoms in total. The molecule has 78 valence electrons. The van der Waals surface area contributed by atoms with Crippen LogP contribution in [0.5, 0.6) is 5.75 Å². The van der Waals surface area contributed by atoms with Crippen LogP contribution in [0.2, 0.25) is 0 Å². The number of halogens is 1. The van der Waals surface area contributed by atoms with Crippen molar-refractivity contribution in [2.24, 2.45) is 0 Å². The van der Waals surface area contributed by atoms with E-state index in [1.165, 1.54) is 0 Å². The van der Waals surface area contributed by atoms with Gasteiger partial charge in [0, 0.05) is 5.39 Å². The van der Waals surface area contributed by atoms with Crippen molar-refractivity contribution in [3.63, 3.8) is 0 Å². The van der Waals surface area contributed by atoms with Crippen LogP contribution in [0.3, 0.4) is 0 Å². The van der Waals surface area contributed by atoms with Gasteiger partial charge in [-0.1, -0.05) is 19.1 Å². The van der Waals surface area contributed by atoms with Crippen LogP contribution in [0.1, 0.15) is 13.3 Å². The Morgan fingerprint density at radius 3 is 2.93 bits per heavy atom. The third-order valence-electron chi connectivity index (χ3n) is 2.11. The molecule has 0 N–H and O–H groups in total. The molecule has 0 amide bonds. The van der Waals surface area contributed by atoms with E-state index in [9.17, 15) is 0 Å². The second-order valence-electron chi connectivity index (χ2n) is 3.31. The van der Waals surface area contributed by atoms with E-state index in [1.54, 1.807) is 0 Å². The van der Waals surface area contributed by atoms with E-state index in [1.807, 2.05) is 30.3 Å². The number of rotatable bonds is 3. The van der Waals surface area contributed by atoms with Crippen LogP contribution in [-0.2, 0) is 0 Å². The molecule has 0 aliphatic rings. The smallest absolute Gasteiger partial charge is 0.145 e. The highest BCUT2D eigenvalue weighted by Crippen LogP contribution is 2.25. The SMILES string of the molecule is CCCOc1cccc2ccc(Br)nc12. The van der Waals surface area contributed by atoms with Crippen molar-refractivity contribution < 1.29 is 4.74 Å². The summed E-state index contributed by atoms with van der Waals surface area (Å²) in [6, 6.07) is 9.95. The van der Waals surface area contributed by atoms with Gasteiger partial charge < -0.3 is 4.74 Å². The van der Waals surface area contributed by atoms with Gasteiger partial charge in [-0.3, -0.25) is 0 Å². The number of benzene rings is 1. The van der Waals surface area contributed by atoms with Gasteiger partial charge in [-0.25, -0.2) is 4.98 Å². The molecule has 3 heteroatoms. The molecule has 0 bridgehead atoms. The van der Waals surface area contributed by atoms with Gasteiger partial charge >= 0.3 is 0 Å². The predicted molar refractivity (Wildman–Crippen MR) is 65.2 cm³/mol. The number of pyridine rings is 1. The number of hydrogen-bond donors (Lipinski definition) is 0. The van der Waals surface area contributed by atoms with E-state index in [-0.39, 0.29) is 0 Å². The molecule has 0 radical (unpaired) electrons. The molecular formula is C12H12BrNO. The van der Waals surface area contributed by atoms with E-state index in [2.05, 4.69) is 27.8 Å². The Labute approximate surface area is 97.4 Å². The van der Waals surface area contributed by atoms with Crippen LogP contribution in [0.25, 0.3) is 10.9 Å². The number of aromatic nitrogens is 1. The molecule has 0 spiro atoms. The minimum absolute atomic E-state index is 0.729. The first kappa shape index (κ1) is 10.4. The first-order valence-corrected chi connectivity index (χ1v) is 5.78. The van der Waals surface area contributed by atoms with Gasteiger partial charge in [-0.15, -0.1) is 0 Å². The molecule has 0 fully saturated rings. The summed E-state index contributed by atoms with van der Waals surface area (Å²) in [6.07, 6.45) is 1.00. The number of para-hydroxylation sites is 1. The molecule has 1 aromatic carbocycles. The minimum atomic E-state index is 0.729. The molecule has 0 saturated carbocycles. The molecular weight excluding hydrogens is 254 g/mol. The average Bonchev–Trinajstić information content (AvgIpc) is 2.26. The Hall–Kier alpha value is -1.09. The second-order valence-corrected chi connectivity index (χ2v) is 4.12. The Balaban J connectivity index is 2.48. The van der Waals surface area contributed by atoms with Crippen LogP contribution in [0, 0.1) is 0 Å². The van der Waals surface area contributed by atoms with Gasteiger partial charge in [0.15, 0.2) is 0 Å². The van der Waals surface area contributed by atoms with Gasteiger partial charge in [-0.2, -0.15) is 0 Å². The molecule has 2 rings (SSSR count). The number of hydrogen-bond acceptors (Lipinski definition) is 2. The van der Waals surface area contributed by atoms with Gasteiger partial charge in [0.25, 0.3) is 0 Å². The lowest BCUT2D eigenvalue weighted by Gasteiger charge is -2.07. The highest BCUT2D eigenvalue weighted by molar-refractivity contribution is 9.10. The lowest BCUT2D eigenvalue weighted by Crippen LogP contribution is -1.96. The molecule has 0 atom stereocenters. The molecule has 1 aromatic heterocycles. The van der Waals surface area contributed by atoms with E-state index < -0.39 is 0 Å². The summed E-state index contributed by atoms with van der Waals surface area (Å²) in [4.78, 5) is 4.42. The number of fused-ring (bicyclic) bond motifs is 1. The average molecular weight is 266 g/mol. The second kappa shape index (κ2) is 4.62. The van der Waals surface area contributed by atoms with Crippen molar-refractivity contribution in [3.8, 4) is 5.75 Å². The summed E-state index contributed by atoms with van der Waals surface area (Å²) >= 11 is 3.37. The van der Waals surface area contributed by atoms with Crippen LogP contribution in [0.4, 0.5) is 0 Å². The Morgan fingerprint density at radius 2 is 2.13 bits per heavy atom. The zero-order valence-electron chi connectivity index (χ0n) is 8.53. The molecule has 0 aliphatic carbocycles. The Kier molecular flexibility index (Phi) is 3.21. The molecule has 2 aromatic rings. The first-order valence-electron chi connectivity index (χ1n) is 4.99. The largest absolute Gasteiger partial charge is 0.491 e. The Bertz CT molecular complexity index is 470. The Morgan fingerprint density at radius 1 is 1.27 bits per heavy atom. The fraction of sp³-hybridized carbons (Fsp3) is 0.250. The number of ether oxygens (including phenoxy) is 1. The van der Waals surface area contributed by atoms with Crippen molar-refractivity contribution in [2.75, 3.05) is 6.61 Å². The normalized spacial score (nSPS) is 10.5. The molecule has 0 saturated heterocycles. The van der Waals surface area contributed by atoms with Crippen molar-refractivity contribution in [3.05, 3.63) is 34.9 Å². The molecule has 15 heavy (non-hydrogen) atoms. The zero-order chi connectivity index (χ0) is 10.7. The summed E-state index contributed by atoms with van der Waals surface area (Å²) in [5, 5.41) is 1.10. The molecule has 0 aliphatic heterocycles. The van der Waals surface area contributed by atoms with Gasteiger partial charge in [0.1, 0.15) is 15.9 Å². The maximum atomic E-state index is 5.64. The van der Waals surface area contributed by atoms with Crippen LogP contribution < -0.4 is 4.74 Å². The van der Waals surface area contributed by atoms with Crippen LogP contribution >= 0.6 is 15.9 Å². The van der Waals surface area contributed by atoms with Crippen LogP contribution in [0.15, 0.2) is 34.9 Å². The van der Waals surface area contributed by atoms with E-state index in [0.717, 1.165) is 34.3 Å². The molecule has 0 unspecified atom stereocenters. The summed E-state index contributed by atoms with van der Waals surface area (Å²) in [7, 11) is 0. The van der Waals surface area contributed by atoms with Gasteiger partial charge in [-0.05, 0) is 40.5 Å². The lowest BCUT2D eigenvalue weighted by atomic mass is 10.2. The zero-order valence-corrected chi connectivity index (χ0v) is 10.1. The first-order chi connectivity index (χ1) is 7.31.